The van der Waals surface area contributed by atoms with Gasteiger partial charge in [-0.3, -0.25) is 4.90 Å². The molecule has 18 heavy (non-hydrogen) atoms. The first kappa shape index (κ1) is 15.0. The molecule has 0 aliphatic carbocycles. The van der Waals surface area contributed by atoms with Gasteiger partial charge in [0.2, 0.25) is 0 Å². The molecule has 1 unspecified atom stereocenters. The molecule has 4 nitrogen and oxygen atoms in total. The van der Waals surface area contributed by atoms with Gasteiger partial charge in [-0.1, -0.05) is 11.6 Å². The fourth-order valence-electron chi connectivity index (χ4n) is 1.28. The minimum Gasteiger partial charge on any atom is -0.444 e. The first-order valence-corrected chi connectivity index (χ1v) is 6.65. The maximum atomic E-state index is 11.9. The Labute approximate surface area is 115 Å². The fourth-order valence-corrected chi connectivity index (χ4v) is 2.46. The van der Waals surface area contributed by atoms with Crippen LogP contribution in [0.4, 0.5) is 4.79 Å². The maximum Gasteiger partial charge on any atom is 0.410 e. The van der Waals surface area contributed by atoms with E-state index in [4.69, 9.17) is 16.3 Å². The largest absolute Gasteiger partial charge is 0.444 e. The molecular formula is C12H16ClNO3S. The van der Waals surface area contributed by atoms with Gasteiger partial charge in [0.25, 0.3) is 0 Å². The molecule has 1 heterocycles. The first-order chi connectivity index (χ1) is 8.24. The van der Waals surface area contributed by atoms with Crippen molar-refractivity contribution in [3.8, 4) is 0 Å². The minimum atomic E-state index is -0.669. The van der Waals surface area contributed by atoms with Crippen LogP contribution >= 0.6 is 22.9 Å². The van der Waals surface area contributed by atoms with Gasteiger partial charge in [0.15, 0.2) is 0 Å². The number of carbonyl (C=O) groups excluding carboxylic acids is 2. The van der Waals surface area contributed by atoms with Gasteiger partial charge >= 0.3 is 6.09 Å². The van der Waals surface area contributed by atoms with Gasteiger partial charge in [-0.15, -0.1) is 11.3 Å². The lowest BCUT2D eigenvalue weighted by atomic mass is 10.2. The predicted molar refractivity (Wildman–Crippen MR) is 72.1 cm³/mol. The Hall–Kier alpha value is -1.07. The number of ether oxygens (including phenoxy) is 1. The van der Waals surface area contributed by atoms with E-state index in [1.54, 1.807) is 32.2 Å². The highest BCUT2D eigenvalue weighted by atomic mass is 35.5. The van der Waals surface area contributed by atoms with Crippen LogP contribution in [0.25, 0.3) is 0 Å². The molecule has 0 spiro atoms. The van der Waals surface area contributed by atoms with Crippen molar-refractivity contribution in [1.82, 2.24) is 4.90 Å². The standard InChI is InChI=1S/C12H16ClNO3S/c1-12(2,3)17-11(16)14(4)9(6-15)10-5-8(13)7-18-10/h5-7,9H,1-4H3. The van der Waals surface area contributed by atoms with Crippen LogP contribution in [0.3, 0.4) is 0 Å². The molecule has 6 heteroatoms. The van der Waals surface area contributed by atoms with Crippen LogP contribution in [0, 0.1) is 0 Å². The average molecular weight is 290 g/mol. The number of thiophene rings is 1. The zero-order valence-electron chi connectivity index (χ0n) is 10.8. The van der Waals surface area contributed by atoms with Crippen LogP contribution in [0.1, 0.15) is 31.7 Å². The summed E-state index contributed by atoms with van der Waals surface area (Å²) in [7, 11) is 1.53. The van der Waals surface area contributed by atoms with E-state index >= 15 is 0 Å². The SMILES string of the molecule is CN(C(=O)OC(C)(C)C)C(C=O)c1cc(Cl)cs1. The number of halogens is 1. The van der Waals surface area contributed by atoms with Crippen LogP contribution in [-0.4, -0.2) is 29.9 Å². The number of amides is 1. The highest BCUT2D eigenvalue weighted by Crippen LogP contribution is 2.28. The maximum absolute atomic E-state index is 11.9. The molecule has 0 aromatic carbocycles. The summed E-state index contributed by atoms with van der Waals surface area (Å²) in [5, 5.41) is 2.27. The Balaban J connectivity index is 2.83. The number of hydrogen-bond donors (Lipinski definition) is 0. The highest BCUT2D eigenvalue weighted by molar-refractivity contribution is 7.10. The summed E-state index contributed by atoms with van der Waals surface area (Å²) in [5.74, 6) is 0. The molecule has 0 aliphatic heterocycles. The smallest absolute Gasteiger partial charge is 0.410 e. The second-order valence-corrected chi connectivity index (χ2v) is 6.22. The monoisotopic (exact) mass is 289 g/mol. The number of rotatable bonds is 3. The number of hydrogen-bond acceptors (Lipinski definition) is 4. The fraction of sp³-hybridized carbons (Fsp3) is 0.500. The van der Waals surface area contributed by atoms with Crippen LogP contribution < -0.4 is 0 Å². The molecule has 0 bridgehead atoms. The van der Waals surface area contributed by atoms with E-state index in [0.29, 0.717) is 16.2 Å². The zero-order valence-corrected chi connectivity index (χ0v) is 12.3. The van der Waals surface area contributed by atoms with Gasteiger partial charge in [0, 0.05) is 17.3 Å². The molecule has 1 aromatic rings. The second kappa shape index (κ2) is 5.71. The summed E-state index contributed by atoms with van der Waals surface area (Å²) >= 11 is 7.15. The van der Waals surface area contributed by atoms with Gasteiger partial charge < -0.3 is 9.53 Å². The van der Waals surface area contributed by atoms with E-state index in [0.717, 1.165) is 0 Å². The van der Waals surface area contributed by atoms with Gasteiger partial charge in [-0.25, -0.2) is 4.79 Å². The van der Waals surface area contributed by atoms with E-state index in [2.05, 4.69) is 0 Å². The lowest BCUT2D eigenvalue weighted by Gasteiger charge is -2.27. The molecule has 0 saturated carbocycles. The first-order valence-electron chi connectivity index (χ1n) is 5.39. The molecule has 100 valence electrons. The lowest BCUT2D eigenvalue weighted by molar-refractivity contribution is -0.112. The average Bonchev–Trinajstić information content (AvgIpc) is 2.63. The molecule has 0 radical (unpaired) electrons. The Morgan fingerprint density at radius 1 is 1.56 bits per heavy atom. The highest BCUT2D eigenvalue weighted by Gasteiger charge is 2.27. The molecular weight excluding hydrogens is 274 g/mol. The number of aldehydes is 1. The van der Waals surface area contributed by atoms with Crippen molar-refractivity contribution >= 4 is 35.3 Å². The molecule has 0 N–H and O–H groups in total. The summed E-state index contributed by atoms with van der Waals surface area (Å²) < 4.78 is 5.21. The van der Waals surface area contributed by atoms with Crippen molar-refractivity contribution in [1.29, 1.82) is 0 Å². The molecule has 1 aromatic heterocycles. The molecule has 0 saturated heterocycles. The Morgan fingerprint density at radius 3 is 2.56 bits per heavy atom. The van der Waals surface area contributed by atoms with Crippen LogP contribution in [0.5, 0.6) is 0 Å². The van der Waals surface area contributed by atoms with Crippen molar-refractivity contribution in [2.45, 2.75) is 32.4 Å². The van der Waals surface area contributed by atoms with Crippen molar-refractivity contribution in [2.75, 3.05) is 7.05 Å². The van der Waals surface area contributed by atoms with Crippen molar-refractivity contribution in [3.05, 3.63) is 21.3 Å². The Bertz CT molecular complexity index is 439. The Kier molecular flexibility index (Phi) is 4.76. The van der Waals surface area contributed by atoms with Crippen LogP contribution in [0.15, 0.2) is 11.4 Å². The van der Waals surface area contributed by atoms with Crippen LogP contribution in [-0.2, 0) is 9.53 Å². The van der Waals surface area contributed by atoms with E-state index in [9.17, 15) is 9.59 Å². The molecule has 0 aliphatic rings. The summed E-state index contributed by atoms with van der Waals surface area (Å²) in [6, 6.07) is 1.00. The summed E-state index contributed by atoms with van der Waals surface area (Å²) in [4.78, 5) is 25.0. The van der Waals surface area contributed by atoms with Gasteiger partial charge in [-0.05, 0) is 26.8 Å². The minimum absolute atomic E-state index is 0.538. The molecule has 0 fully saturated rings. The van der Waals surface area contributed by atoms with Crippen molar-refractivity contribution in [3.63, 3.8) is 0 Å². The van der Waals surface area contributed by atoms with E-state index in [1.807, 2.05) is 0 Å². The van der Waals surface area contributed by atoms with Crippen LogP contribution in [0.2, 0.25) is 5.02 Å². The molecule has 1 rings (SSSR count). The van der Waals surface area contributed by atoms with E-state index < -0.39 is 17.7 Å². The van der Waals surface area contributed by atoms with Gasteiger partial charge in [0.05, 0.1) is 5.02 Å². The number of carbonyl (C=O) groups is 2. The number of likely N-dealkylation sites (N-methyl/N-ethyl adjacent to an activating group) is 1. The molecule has 1 atom stereocenters. The van der Waals surface area contributed by atoms with E-state index in [-0.39, 0.29) is 0 Å². The quantitative estimate of drug-likeness (QED) is 0.800. The van der Waals surface area contributed by atoms with Gasteiger partial charge in [0.1, 0.15) is 17.9 Å². The Morgan fingerprint density at radius 2 is 2.17 bits per heavy atom. The third-order valence-corrected chi connectivity index (χ3v) is 3.46. The third kappa shape index (κ3) is 3.99. The second-order valence-electron chi connectivity index (χ2n) is 4.84. The van der Waals surface area contributed by atoms with Crippen molar-refractivity contribution in [2.24, 2.45) is 0 Å². The van der Waals surface area contributed by atoms with Crippen molar-refractivity contribution < 1.29 is 14.3 Å². The van der Waals surface area contributed by atoms with Gasteiger partial charge in [-0.2, -0.15) is 0 Å². The normalized spacial score (nSPS) is 12.9. The number of nitrogens with zero attached hydrogens (tertiary/aromatic N) is 1. The lowest BCUT2D eigenvalue weighted by Crippen LogP contribution is -2.37. The predicted octanol–water partition coefficient (Wildman–Crippen LogP) is 3.51. The summed E-state index contributed by atoms with van der Waals surface area (Å²) in [6.45, 7) is 5.32. The summed E-state index contributed by atoms with van der Waals surface area (Å²) in [6.07, 6.45) is 0.163. The zero-order chi connectivity index (χ0) is 13.9. The topological polar surface area (TPSA) is 46.6 Å². The summed E-state index contributed by atoms with van der Waals surface area (Å²) in [5.41, 5.74) is -0.591. The molecule has 1 amide bonds. The third-order valence-electron chi connectivity index (χ3n) is 2.11. The van der Waals surface area contributed by atoms with E-state index in [1.165, 1.54) is 23.3 Å².